The van der Waals surface area contributed by atoms with Crippen LogP contribution in [0.4, 0.5) is 0 Å². The van der Waals surface area contributed by atoms with Crippen LogP contribution in [0.3, 0.4) is 0 Å². The van der Waals surface area contributed by atoms with E-state index in [2.05, 4.69) is 4.98 Å². The molecule has 0 aliphatic carbocycles. The molecule has 1 nitrogen and oxygen atoms in total. The molecule has 94 valence electrons. The second-order valence-electron chi connectivity index (χ2n) is 4.14. The van der Waals surface area contributed by atoms with Crippen molar-refractivity contribution in [1.29, 1.82) is 0 Å². The smallest absolute Gasteiger partial charge is 0.0641 e. The molecule has 4 heteroatoms. The van der Waals surface area contributed by atoms with E-state index in [4.69, 9.17) is 34.8 Å². The van der Waals surface area contributed by atoms with Gasteiger partial charge in [-0.3, -0.25) is 4.98 Å². The van der Waals surface area contributed by atoms with Gasteiger partial charge in [0.25, 0.3) is 0 Å². The number of benzene rings is 1. The molecule has 2 aromatic rings. The highest BCUT2D eigenvalue weighted by Gasteiger charge is 2.12. The van der Waals surface area contributed by atoms with Gasteiger partial charge < -0.3 is 0 Å². The van der Waals surface area contributed by atoms with Gasteiger partial charge in [0.1, 0.15) is 0 Å². The fourth-order valence-electron chi connectivity index (χ4n) is 1.78. The molecular weight excluding hydrogens is 289 g/mol. The minimum atomic E-state index is -0.185. The molecule has 2 rings (SSSR count). The molecule has 1 aromatic heterocycles. The van der Waals surface area contributed by atoms with Gasteiger partial charge in [-0.15, -0.1) is 11.6 Å². The first kappa shape index (κ1) is 13.7. The van der Waals surface area contributed by atoms with Gasteiger partial charge in [0, 0.05) is 28.4 Å². The van der Waals surface area contributed by atoms with Crippen molar-refractivity contribution >= 4 is 34.8 Å². The number of rotatable bonds is 3. The van der Waals surface area contributed by atoms with Crippen molar-refractivity contribution in [3.63, 3.8) is 0 Å². The quantitative estimate of drug-likeness (QED) is 0.708. The lowest BCUT2D eigenvalue weighted by Gasteiger charge is -2.12. The molecule has 0 aliphatic rings. The summed E-state index contributed by atoms with van der Waals surface area (Å²) in [5, 5.41) is 1.01. The van der Waals surface area contributed by atoms with Crippen LogP contribution in [-0.4, -0.2) is 4.98 Å². The Hall–Kier alpha value is -0.760. The third-order valence-electron chi connectivity index (χ3n) is 2.74. The Kier molecular flexibility index (Phi) is 4.50. The Labute approximate surface area is 122 Å². The van der Waals surface area contributed by atoms with Crippen LogP contribution in [0.1, 0.15) is 22.2 Å². The highest BCUT2D eigenvalue weighted by atomic mass is 35.5. The summed E-state index contributed by atoms with van der Waals surface area (Å²) >= 11 is 18.3. The molecule has 1 aromatic carbocycles. The van der Waals surface area contributed by atoms with Crippen molar-refractivity contribution in [2.75, 3.05) is 0 Å². The van der Waals surface area contributed by atoms with Crippen LogP contribution in [0, 0.1) is 6.92 Å². The number of aryl methyl sites for hydroxylation is 1. The number of halogens is 3. The number of nitrogens with zero attached hydrogens (tertiary/aromatic N) is 1. The van der Waals surface area contributed by atoms with Crippen LogP contribution in [0.5, 0.6) is 0 Å². The first-order valence-electron chi connectivity index (χ1n) is 5.57. The van der Waals surface area contributed by atoms with Crippen LogP contribution in [-0.2, 0) is 6.42 Å². The molecule has 0 spiro atoms. The molecule has 0 N–H and O–H groups in total. The van der Waals surface area contributed by atoms with E-state index in [1.165, 1.54) is 0 Å². The fourth-order valence-corrected chi connectivity index (χ4v) is 2.59. The normalized spacial score (nSPS) is 12.4. The number of pyridine rings is 1. The summed E-state index contributed by atoms with van der Waals surface area (Å²) in [6.45, 7) is 2.02. The standard InChI is InChI=1S/C14H12Cl3N/c1-9-3-2-4-18-14(9)8-13(17)10-5-11(15)7-12(16)6-10/h2-7,13H,8H2,1H3. The Morgan fingerprint density at radius 3 is 2.44 bits per heavy atom. The molecule has 0 radical (unpaired) electrons. The molecule has 0 bridgehead atoms. The van der Waals surface area contributed by atoms with Crippen molar-refractivity contribution in [2.45, 2.75) is 18.7 Å². The SMILES string of the molecule is Cc1cccnc1CC(Cl)c1cc(Cl)cc(Cl)c1. The summed E-state index contributed by atoms with van der Waals surface area (Å²) < 4.78 is 0. The van der Waals surface area contributed by atoms with Gasteiger partial charge in [0.2, 0.25) is 0 Å². The van der Waals surface area contributed by atoms with Gasteiger partial charge >= 0.3 is 0 Å². The van der Waals surface area contributed by atoms with Gasteiger partial charge in [-0.05, 0) is 42.3 Å². The molecule has 0 amide bonds. The Balaban J connectivity index is 2.22. The van der Waals surface area contributed by atoms with Gasteiger partial charge in [0.05, 0.1) is 5.38 Å². The summed E-state index contributed by atoms with van der Waals surface area (Å²) in [5.41, 5.74) is 3.05. The summed E-state index contributed by atoms with van der Waals surface area (Å²) in [5.74, 6) is 0. The zero-order valence-corrected chi connectivity index (χ0v) is 12.1. The van der Waals surface area contributed by atoms with Crippen LogP contribution >= 0.6 is 34.8 Å². The molecule has 0 fully saturated rings. The maximum Gasteiger partial charge on any atom is 0.0641 e. The molecule has 0 saturated carbocycles. The summed E-state index contributed by atoms with van der Waals surface area (Å²) in [6, 6.07) is 9.31. The fraction of sp³-hybridized carbons (Fsp3) is 0.214. The molecular formula is C14H12Cl3N. The van der Waals surface area contributed by atoms with E-state index in [0.29, 0.717) is 16.5 Å². The molecule has 1 atom stereocenters. The zero-order chi connectivity index (χ0) is 13.1. The molecule has 1 heterocycles. The summed E-state index contributed by atoms with van der Waals surface area (Å²) in [4.78, 5) is 4.34. The van der Waals surface area contributed by atoms with Crippen molar-refractivity contribution in [3.05, 3.63) is 63.4 Å². The molecule has 18 heavy (non-hydrogen) atoms. The molecule has 0 saturated heterocycles. The molecule has 1 unspecified atom stereocenters. The molecule has 0 aliphatic heterocycles. The minimum Gasteiger partial charge on any atom is -0.261 e. The average Bonchev–Trinajstić information content (AvgIpc) is 2.31. The van der Waals surface area contributed by atoms with Crippen LogP contribution in [0.2, 0.25) is 10.0 Å². The highest BCUT2D eigenvalue weighted by molar-refractivity contribution is 6.35. The van der Waals surface area contributed by atoms with E-state index in [0.717, 1.165) is 16.8 Å². The lowest BCUT2D eigenvalue weighted by molar-refractivity contribution is 0.870. The van der Waals surface area contributed by atoms with Crippen molar-refractivity contribution < 1.29 is 0 Å². The predicted octanol–water partition coefficient (Wildman–Crippen LogP) is 5.22. The van der Waals surface area contributed by atoms with E-state index in [-0.39, 0.29) is 5.38 Å². The highest BCUT2D eigenvalue weighted by Crippen LogP contribution is 2.30. The van der Waals surface area contributed by atoms with E-state index >= 15 is 0 Å². The number of alkyl halides is 1. The van der Waals surface area contributed by atoms with Crippen molar-refractivity contribution in [1.82, 2.24) is 4.98 Å². The zero-order valence-electron chi connectivity index (χ0n) is 9.83. The van der Waals surface area contributed by atoms with Crippen LogP contribution < -0.4 is 0 Å². The van der Waals surface area contributed by atoms with Gasteiger partial charge in [-0.2, -0.15) is 0 Å². The largest absolute Gasteiger partial charge is 0.261 e. The summed E-state index contributed by atoms with van der Waals surface area (Å²) in [6.07, 6.45) is 2.43. The lowest BCUT2D eigenvalue weighted by atomic mass is 10.0. The number of aromatic nitrogens is 1. The van der Waals surface area contributed by atoms with Crippen molar-refractivity contribution in [3.8, 4) is 0 Å². The predicted molar refractivity (Wildman–Crippen MR) is 77.7 cm³/mol. The first-order valence-corrected chi connectivity index (χ1v) is 6.76. The number of hydrogen-bond acceptors (Lipinski definition) is 1. The maximum atomic E-state index is 6.40. The van der Waals surface area contributed by atoms with E-state index < -0.39 is 0 Å². The van der Waals surface area contributed by atoms with Gasteiger partial charge in [-0.1, -0.05) is 29.3 Å². The maximum absolute atomic E-state index is 6.40. The van der Waals surface area contributed by atoms with Gasteiger partial charge in [0.15, 0.2) is 0 Å². The topological polar surface area (TPSA) is 12.9 Å². The van der Waals surface area contributed by atoms with Crippen LogP contribution in [0.15, 0.2) is 36.5 Å². The second-order valence-corrected chi connectivity index (χ2v) is 5.54. The third-order valence-corrected chi connectivity index (χ3v) is 3.58. The lowest BCUT2D eigenvalue weighted by Crippen LogP contribution is -2.00. The van der Waals surface area contributed by atoms with E-state index in [1.807, 2.05) is 31.2 Å². The Bertz CT molecular complexity index is 534. The average molecular weight is 301 g/mol. The van der Waals surface area contributed by atoms with Crippen molar-refractivity contribution in [2.24, 2.45) is 0 Å². The monoisotopic (exact) mass is 299 g/mol. The second kappa shape index (κ2) is 5.92. The third kappa shape index (κ3) is 3.38. The summed E-state index contributed by atoms with van der Waals surface area (Å²) in [7, 11) is 0. The Morgan fingerprint density at radius 1 is 1.17 bits per heavy atom. The first-order chi connectivity index (χ1) is 8.56. The number of hydrogen-bond donors (Lipinski definition) is 0. The minimum absolute atomic E-state index is 0.185. The van der Waals surface area contributed by atoms with Gasteiger partial charge in [-0.25, -0.2) is 0 Å². The van der Waals surface area contributed by atoms with E-state index in [9.17, 15) is 0 Å². The van der Waals surface area contributed by atoms with Crippen LogP contribution in [0.25, 0.3) is 0 Å². The van der Waals surface area contributed by atoms with E-state index in [1.54, 1.807) is 12.3 Å². The Morgan fingerprint density at radius 2 is 1.83 bits per heavy atom.